The van der Waals surface area contributed by atoms with E-state index < -0.39 is 0 Å². The van der Waals surface area contributed by atoms with Crippen molar-refractivity contribution in [2.75, 3.05) is 13.2 Å². The molecule has 1 fully saturated rings. The first kappa shape index (κ1) is 9.69. The van der Waals surface area contributed by atoms with Gasteiger partial charge in [0, 0.05) is 12.0 Å². The van der Waals surface area contributed by atoms with Crippen molar-refractivity contribution >= 4 is 0 Å². The topological polar surface area (TPSA) is 32.3 Å². The van der Waals surface area contributed by atoms with Crippen molar-refractivity contribution in [3.05, 3.63) is 35.4 Å². The van der Waals surface area contributed by atoms with Crippen molar-refractivity contribution in [3.8, 4) is 0 Å². The van der Waals surface area contributed by atoms with Crippen molar-refractivity contribution < 1.29 is 5.11 Å². The maximum absolute atomic E-state index is 9.23. The first-order valence-electron chi connectivity index (χ1n) is 5.22. The highest BCUT2D eigenvalue weighted by Gasteiger charge is 2.27. The molecule has 76 valence electrons. The molecule has 2 heteroatoms. The fourth-order valence-corrected chi connectivity index (χ4v) is 2.33. The summed E-state index contributed by atoms with van der Waals surface area (Å²) < 4.78 is 0. The zero-order valence-electron chi connectivity index (χ0n) is 8.53. The molecule has 1 aromatic rings. The molecule has 0 aliphatic carbocycles. The molecule has 2 nitrogen and oxygen atoms in total. The summed E-state index contributed by atoms with van der Waals surface area (Å²) in [6.45, 7) is 3.39. The minimum absolute atomic E-state index is 0.235. The molecular weight excluding hydrogens is 174 g/mol. The lowest BCUT2D eigenvalue weighted by Crippen LogP contribution is -2.29. The molecule has 1 saturated heterocycles. The van der Waals surface area contributed by atoms with Gasteiger partial charge in [-0.25, -0.2) is 0 Å². The highest BCUT2D eigenvalue weighted by atomic mass is 16.3. The van der Waals surface area contributed by atoms with Crippen molar-refractivity contribution in [2.45, 2.75) is 25.3 Å². The Balaban J connectivity index is 2.26. The molecule has 14 heavy (non-hydrogen) atoms. The molecule has 0 amide bonds. The molecule has 1 aliphatic heterocycles. The quantitative estimate of drug-likeness (QED) is 0.741. The summed E-state index contributed by atoms with van der Waals surface area (Å²) in [5.74, 6) is 0.487. The predicted octanol–water partition coefficient (Wildman–Crippen LogP) is 1.43. The van der Waals surface area contributed by atoms with Crippen LogP contribution in [0.1, 0.15) is 23.5 Å². The number of hydrogen-bond donors (Lipinski definition) is 2. The highest BCUT2D eigenvalue weighted by Crippen LogP contribution is 2.29. The maximum Gasteiger partial charge on any atom is 0.0590 e. The lowest BCUT2D eigenvalue weighted by molar-refractivity contribution is 0.245. The first-order chi connectivity index (χ1) is 6.83. The molecule has 0 radical (unpaired) electrons. The Kier molecular flexibility index (Phi) is 2.85. The predicted molar refractivity (Wildman–Crippen MR) is 57.4 cm³/mol. The number of aliphatic hydroxyl groups is 1. The van der Waals surface area contributed by atoms with E-state index in [1.807, 2.05) is 0 Å². The third kappa shape index (κ3) is 1.68. The van der Waals surface area contributed by atoms with Gasteiger partial charge in [0.15, 0.2) is 0 Å². The van der Waals surface area contributed by atoms with Gasteiger partial charge in [0.2, 0.25) is 0 Å². The summed E-state index contributed by atoms with van der Waals surface area (Å²) >= 11 is 0. The van der Waals surface area contributed by atoms with Crippen LogP contribution in [0.25, 0.3) is 0 Å². The number of hydrogen-bond acceptors (Lipinski definition) is 2. The van der Waals surface area contributed by atoms with Gasteiger partial charge in [-0.1, -0.05) is 24.3 Å². The fourth-order valence-electron chi connectivity index (χ4n) is 2.33. The molecule has 1 heterocycles. The number of aliphatic hydroxyl groups excluding tert-OH is 1. The zero-order valence-corrected chi connectivity index (χ0v) is 8.53. The number of rotatable bonds is 2. The van der Waals surface area contributed by atoms with Gasteiger partial charge in [0.25, 0.3) is 0 Å². The van der Waals surface area contributed by atoms with E-state index in [-0.39, 0.29) is 12.6 Å². The van der Waals surface area contributed by atoms with E-state index in [4.69, 9.17) is 0 Å². The van der Waals surface area contributed by atoms with Crippen LogP contribution in [0.4, 0.5) is 0 Å². The van der Waals surface area contributed by atoms with Gasteiger partial charge in [-0.05, 0) is 31.0 Å². The lowest BCUT2D eigenvalue weighted by atomic mass is 9.89. The number of benzene rings is 1. The van der Waals surface area contributed by atoms with E-state index in [1.165, 1.54) is 11.1 Å². The van der Waals surface area contributed by atoms with Crippen molar-refractivity contribution in [1.29, 1.82) is 0 Å². The third-order valence-electron chi connectivity index (χ3n) is 3.13. The van der Waals surface area contributed by atoms with E-state index in [0.29, 0.717) is 5.92 Å². The van der Waals surface area contributed by atoms with Crippen LogP contribution in [-0.2, 0) is 0 Å². The fraction of sp³-hybridized carbons (Fsp3) is 0.500. The first-order valence-corrected chi connectivity index (χ1v) is 5.22. The van der Waals surface area contributed by atoms with Crippen LogP contribution in [0.3, 0.4) is 0 Å². The van der Waals surface area contributed by atoms with Crippen LogP contribution in [0.5, 0.6) is 0 Å². The van der Waals surface area contributed by atoms with E-state index >= 15 is 0 Å². The molecule has 1 aromatic carbocycles. The molecule has 0 saturated carbocycles. The van der Waals surface area contributed by atoms with Gasteiger partial charge in [0.05, 0.1) is 6.61 Å². The molecule has 2 atom stereocenters. The average Bonchev–Trinajstić information content (AvgIpc) is 2.66. The average molecular weight is 191 g/mol. The van der Waals surface area contributed by atoms with Gasteiger partial charge >= 0.3 is 0 Å². The van der Waals surface area contributed by atoms with Crippen molar-refractivity contribution in [3.63, 3.8) is 0 Å². The molecule has 2 rings (SSSR count). The lowest BCUT2D eigenvalue weighted by Gasteiger charge is -2.19. The molecule has 0 bridgehead atoms. The van der Waals surface area contributed by atoms with Crippen LogP contribution < -0.4 is 5.32 Å². The van der Waals surface area contributed by atoms with Gasteiger partial charge < -0.3 is 10.4 Å². The SMILES string of the molecule is Cc1ccccc1[C@H]1CCN[C@@H]1CO. The number of nitrogens with one attached hydrogen (secondary N) is 1. The summed E-state index contributed by atoms with van der Waals surface area (Å²) in [5.41, 5.74) is 2.72. The summed E-state index contributed by atoms with van der Waals surface area (Å²) in [4.78, 5) is 0. The van der Waals surface area contributed by atoms with Crippen LogP contribution in [0, 0.1) is 6.92 Å². The summed E-state index contributed by atoms with van der Waals surface area (Å²) in [6, 6.07) is 8.71. The van der Waals surface area contributed by atoms with Gasteiger partial charge in [0.1, 0.15) is 0 Å². The zero-order chi connectivity index (χ0) is 9.97. The van der Waals surface area contributed by atoms with Crippen LogP contribution in [0.2, 0.25) is 0 Å². The van der Waals surface area contributed by atoms with Crippen LogP contribution >= 0.6 is 0 Å². The molecular formula is C12H17NO. The Labute approximate surface area is 85.0 Å². The summed E-state index contributed by atoms with van der Waals surface area (Å²) in [6.07, 6.45) is 1.14. The second-order valence-electron chi connectivity index (χ2n) is 3.99. The number of aryl methyl sites for hydroxylation is 1. The second-order valence-corrected chi connectivity index (χ2v) is 3.99. The Hall–Kier alpha value is -0.860. The molecule has 0 unspecified atom stereocenters. The maximum atomic E-state index is 9.23. The normalized spacial score (nSPS) is 26.7. The van der Waals surface area contributed by atoms with E-state index in [9.17, 15) is 5.11 Å². The smallest absolute Gasteiger partial charge is 0.0590 e. The monoisotopic (exact) mass is 191 g/mol. The summed E-state index contributed by atoms with van der Waals surface area (Å²) in [7, 11) is 0. The van der Waals surface area contributed by atoms with Crippen molar-refractivity contribution in [2.24, 2.45) is 0 Å². The van der Waals surface area contributed by atoms with Crippen LogP contribution in [0.15, 0.2) is 24.3 Å². The second kappa shape index (κ2) is 4.11. The van der Waals surface area contributed by atoms with Crippen molar-refractivity contribution in [1.82, 2.24) is 5.32 Å². The van der Waals surface area contributed by atoms with Gasteiger partial charge in [-0.15, -0.1) is 0 Å². The van der Waals surface area contributed by atoms with E-state index in [2.05, 4.69) is 36.5 Å². The van der Waals surface area contributed by atoms with Crippen LogP contribution in [-0.4, -0.2) is 24.3 Å². The Morgan fingerprint density at radius 2 is 2.21 bits per heavy atom. The minimum Gasteiger partial charge on any atom is -0.395 e. The highest BCUT2D eigenvalue weighted by molar-refractivity contribution is 5.31. The largest absolute Gasteiger partial charge is 0.395 e. The summed E-state index contributed by atoms with van der Waals surface area (Å²) in [5, 5.41) is 12.6. The molecule has 0 aromatic heterocycles. The van der Waals surface area contributed by atoms with Gasteiger partial charge in [-0.2, -0.15) is 0 Å². The molecule has 1 aliphatic rings. The minimum atomic E-state index is 0.235. The van der Waals surface area contributed by atoms with Gasteiger partial charge in [-0.3, -0.25) is 0 Å². The Morgan fingerprint density at radius 1 is 1.43 bits per heavy atom. The molecule has 0 spiro atoms. The standard InChI is InChI=1S/C12H17NO/c1-9-4-2-3-5-10(9)11-6-7-13-12(11)8-14/h2-5,11-14H,6-8H2,1H3/t11-,12-/m1/s1. The third-order valence-corrected chi connectivity index (χ3v) is 3.13. The Morgan fingerprint density at radius 3 is 2.93 bits per heavy atom. The van der Waals surface area contributed by atoms with E-state index in [0.717, 1.165) is 13.0 Å². The molecule has 2 N–H and O–H groups in total. The Bertz CT molecular complexity index is 311. The van der Waals surface area contributed by atoms with E-state index in [1.54, 1.807) is 0 Å².